The molecule has 0 atom stereocenters. The Morgan fingerprint density at radius 1 is 1.00 bits per heavy atom. The van der Waals surface area contributed by atoms with Gasteiger partial charge in [0, 0.05) is 12.5 Å². The van der Waals surface area contributed by atoms with E-state index in [1.165, 1.54) is 11.9 Å². The molecular formula is C17H18N2O3. The number of carbonyl (C=O) groups excluding carboxylic acids is 2. The Hall–Kier alpha value is -2.82. The third-order valence-electron chi connectivity index (χ3n) is 3.10. The Balaban J connectivity index is 2.33. The maximum atomic E-state index is 12.6. The van der Waals surface area contributed by atoms with E-state index in [-0.39, 0.29) is 11.8 Å². The lowest BCUT2D eigenvalue weighted by Gasteiger charge is -2.23. The molecule has 0 aliphatic rings. The number of anilines is 1. The Kier molecular flexibility index (Phi) is 4.78. The molecule has 2 amide bonds. The molecule has 2 rings (SSSR count). The van der Waals surface area contributed by atoms with Gasteiger partial charge in [-0.3, -0.25) is 15.0 Å². The SMILES string of the molecule is COc1ccc(N(NC(C)=O)C(=O)c2ccc(C)cc2)cc1. The quantitative estimate of drug-likeness (QED) is 0.886. The molecular weight excluding hydrogens is 280 g/mol. The van der Waals surface area contributed by atoms with Crippen molar-refractivity contribution in [3.63, 3.8) is 0 Å². The van der Waals surface area contributed by atoms with Crippen LogP contribution in [0.3, 0.4) is 0 Å². The average Bonchev–Trinajstić information content (AvgIpc) is 2.53. The summed E-state index contributed by atoms with van der Waals surface area (Å²) < 4.78 is 5.10. The van der Waals surface area contributed by atoms with Gasteiger partial charge in [0.05, 0.1) is 12.8 Å². The van der Waals surface area contributed by atoms with Crippen molar-refractivity contribution in [2.24, 2.45) is 0 Å². The lowest BCUT2D eigenvalue weighted by atomic mass is 10.1. The number of benzene rings is 2. The summed E-state index contributed by atoms with van der Waals surface area (Å²) in [5.74, 6) is 0.0472. The summed E-state index contributed by atoms with van der Waals surface area (Å²) in [6, 6.07) is 14.0. The van der Waals surface area contributed by atoms with Gasteiger partial charge in [0.2, 0.25) is 5.91 Å². The highest BCUT2D eigenvalue weighted by Gasteiger charge is 2.18. The van der Waals surface area contributed by atoms with E-state index in [1.807, 2.05) is 19.1 Å². The zero-order valence-electron chi connectivity index (χ0n) is 12.8. The van der Waals surface area contributed by atoms with Gasteiger partial charge >= 0.3 is 0 Å². The highest BCUT2D eigenvalue weighted by molar-refractivity contribution is 6.07. The maximum absolute atomic E-state index is 12.6. The van der Waals surface area contributed by atoms with E-state index in [1.54, 1.807) is 43.5 Å². The zero-order valence-corrected chi connectivity index (χ0v) is 12.8. The van der Waals surface area contributed by atoms with Crippen LogP contribution in [0.5, 0.6) is 5.75 Å². The molecule has 114 valence electrons. The average molecular weight is 298 g/mol. The number of nitrogens with zero attached hydrogens (tertiary/aromatic N) is 1. The predicted octanol–water partition coefficient (Wildman–Crippen LogP) is 2.70. The molecule has 0 saturated heterocycles. The highest BCUT2D eigenvalue weighted by atomic mass is 16.5. The molecule has 0 heterocycles. The number of aryl methyl sites for hydroxylation is 1. The fourth-order valence-electron chi connectivity index (χ4n) is 1.95. The molecule has 0 radical (unpaired) electrons. The molecule has 0 saturated carbocycles. The molecule has 0 unspecified atom stereocenters. The second-order valence-electron chi connectivity index (χ2n) is 4.87. The molecule has 2 aromatic rings. The monoisotopic (exact) mass is 298 g/mol. The van der Waals surface area contributed by atoms with Crippen LogP contribution < -0.4 is 15.2 Å². The Morgan fingerprint density at radius 2 is 1.59 bits per heavy atom. The summed E-state index contributed by atoms with van der Waals surface area (Å²) in [4.78, 5) is 24.0. The summed E-state index contributed by atoms with van der Waals surface area (Å²) in [6.07, 6.45) is 0. The van der Waals surface area contributed by atoms with Crippen LogP contribution in [0.4, 0.5) is 5.69 Å². The number of rotatable bonds is 3. The van der Waals surface area contributed by atoms with E-state index < -0.39 is 0 Å². The van der Waals surface area contributed by atoms with Crippen molar-refractivity contribution in [3.8, 4) is 5.75 Å². The van der Waals surface area contributed by atoms with Crippen LogP contribution in [-0.4, -0.2) is 18.9 Å². The van der Waals surface area contributed by atoms with Crippen LogP contribution in [0.25, 0.3) is 0 Å². The molecule has 0 bridgehead atoms. The lowest BCUT2D eigenvalue weighted by molar-refractivity contribution is -0.119. The Bertz CT molecular complexity index is 663. The second kappa shape index (κ2) is 6.76. The van der Waals surface area contributed by atoms with Crippen molar-refractivity contribution >= 4 is 17.5 Å². The van der Waals surface area contributed by atoms with Gasteiger partial charge in [-0.15, -0.1) is 0 Å². The molecule has 0 spiro atoms. The molecule has 22 heavy (non-hydrogen) atoms. The van der Waals surface area contributed by atoms with Crippen molar-refractivity contribution in [2.75, 3.05) is 12.1 Å². The molecule has 1 N–H and O–H groups in total. The van der Waals surface area contributed by atoms with Gasteiger partial charge in [-0.25, -0.2) is 5.01 Å². The minimum Gasteiger partial charge on any atom is -0.497 e. The van der Waals surface area contributed by atoms with Crippen molar-refractivity contribution in [3.05, 3.63) is 59.7 Å². The maximum Gasteiger partial charge on any atom is 0.277 e. The van der Waals surface area contributed by atoms with Crippen LogP contribution in [0.15, 0.2) is 48.5 Å². The smallest absolute Gasteiger partial charge is 0.277 e. The highest BCUT2D eigenvalue weighted by Crippen LogP contribution is 2.20. The summed E-state index contributed by atoms with van der Waals surface area (Å²) in [5, 5.41) is 1.23. The summed E-state index contributed by atoms with van der Waals surface area (Å²) >= 11 is 0. The lowest BCUT2D eigenvalue weighted by Crippen LogP contribution is -2.45. The summed E-state index contributed by atoms with van der Waals surface area (Å²) in [5.41, 5.74) is 4.67. The minimum atomic E-state index is -0.323. The molecule has 0 fully saturated rings. The molecule has 0 aromatic heterocycles. The van der Waals surface area contributed by atoms with Crippen molar-refractivity contribution in [1.29, 1.82) is 0 Å². The topological polar surface area (TPSA) is 58.6 Å². The van der Waals surface area contributed by atoms with Gasteiger partial charge in [-0.2, -0.15) is 0 Å². The van der Waals surface area contributed by atoms with E-state index in [2.05, 4.69) is 5.43 Å². The van der Waals surface area contributed by atoms with E-state index in [4.69, 9.17) is 4.74 Å². The fraction of sp³-hybridized carbons (Fsp3) is 0.176. The first-order valence-electron chi connectivity index (χ1n) is 6.83. The number of amides is 2. The third kappa shape index (κ3) is 3.63. The van der Waals surface area contributed by atoms with Crippen LogP contribution in [0, 0.1) is 6.92 Å². The Morgan fingerprint density at radius 3 is 2.09 bits per heavy atom. The first kappa shape index (κ1) is 15.6. The third-order valence-corrected chi connectivity index (χ3v) is 3.10. The predicted molar refractivity (Wildman–Crippen MR) is 84.8 cm³/mol. The van der Waals surface area contributed by atoms with E-state index >= 15 is 0 Å². The number of hydrazine groups is 1. The number of ether oxygens (including phenoxy) is 1. The van der Waals surface area contributed by atoms with Crippen LogP contribution in [0.2, 0.25) is 0 Å². The second-order valence-corrected chi connectivity index (χ2v) is 4.87. The van der Waals surface area contributed by atoms with Gasteiger partial charge in [0.15, 0.2) is 0 Å². The van der Waals surface area contributed by atoms with Crippen LogP contribution >= 0.6 is 0 Å². The minimum absolute atomic E-state index is 0.305. The van der Waals surface area contributed by atoms with Gasteiger partial charge < -0.3 is 4.74 Å². The number of hydrogen-bond acceptors (Lipinski definition) is 3. The zero-order chi connectivity index (χ0) is 16.1. The molecule has 0 aliphatic heterocycles. The summed E-state index contributed by atoms with van der Waals surface area (Å²) in [6.45, 7) is 3.31. The van der Waals surface area contributed by atoms with Crippen LogP contribution in [0.1, 0.15) is 22.8 Å². The standard InChI is InChI=1S/C17H18N2O3/c1-12-4-6-14(7-5-12)17(21)19(18-13(2)20)15-8-10-16(22-3)11-9-15/h4-11H,1-3H3,(H,18,20). The molecule has 0 aliphatic carbocycles. The van der Waals surface area contributed by atoms with Gasteiger partial charge in [0.1, 0.15) is 5.75 Å². The largest absolute Gasteiger partial charge is 0.497 e. The van der Waals surface area contributed by atoms with Crippen molar-refractivity contribution < 1.29 is 14.3 Å². The first-order chi connectivity index (χ1) is 10.5. The van der Waals surface area contributed by atoms with Gasteiger partial charge in [-0.05, 0) is 43.3 Å². The normalized spacial score (nSPS) is 9.95. The number of nitrogens with one attached hydrogen (secondary N) is 1. The van der Waals surface area contributed by atoms with Crippen molar-refractivity contribution in [2.45, 2.75) is 13.8 Å². The van der Waals surface area contributed by atoms with Crippen LogP contribution in [-0.2, 0) is 4.79 Å². The number of carbonyl (C=O) groups is 2. The Labute approximate surface area is 129 Å². The van der Waals surface area contributed by atoms with Gasteiger partial charge in [-0.1, -0.05) is 17.7 Å². The van der Waals surface area contributed by atoms with Crippen molar-refractivity contribution in [1.82, 2.24) is 5.43 Å². The fourth-order valence-corrected chi connectivity index (χ4v) is 1.95. The van der Waals surface area contributed by atoms with Gasteiger partial charge in [0.25, 0.3) is 5.91 Å². The molecule has 5 nitrogen and oxygen atoms in total. The number of hydrogen-bond donors (Lipinski definition) is 1. The van der Waals surface area contributed by atoms with E-state index in [0.717, 1.165) is 5.56 Å². The van der Waals surface area contributed by atoms with E-state index in [9.17, 15) is 9.59 Å². The molecule has 2 aromatic carbocycles. The van der Waals surface area contributed by atoms with E-state index in [0.29, 0.717) is 17.0 Å². The summed E-state index contributed by atoms with van der Waals surface area (Å²) in [7, 11) is 1.57. The molecule has 5 heteroatoms. The number of methoxy groups -OCH3 is 1. The first-order valence-corrected chi connectivity index (χ1v) is 6.83.